The number of fused-ring (bicyclic) bond motifs is 1. The molecule has 0 bridgehead atoms. The van der Waals surface area contributed by atoms with Gasteiger partial charge in [-0.05, 0) is 70.2 Å². The molecule has 4 rings (SSSR count). The highest BCUT2D eigenvalue weighted by atomic mass is 19.4. The number of imidazole rings is 1. The van der Waals surface area contributed by atoms with Gasteiger partial charge >= 0.3 is 6.18 Å². The molecule has 0 atom stereocenters. The SMILES string of the molecule is Cc1cc(C)c(N2CCCn3c2nc(C(F)(F)F)c3CN2CCC(C)CC2)c(C)c1. The van der Waals surface area contributed by atoms with Gasteiger partial charge in [0.05, 0.1) is 5.69 Å². The van der Waals surface area contributed by atoms with E-state index in [1.54, 1.807) is 0 Å². The highest BCUT2D eigenvalue weighted by Gasteiger charge is 2.41. The summed E-state index contributed by atoms with van der Waals surface area (Å²) in [5.41, 5.74) is 3.89. The van der Waals surface area contributed by atoms with Crippen LogP contribution < -0.4 is 4.90 Å². The summed E-state index contributed by atoms with van der Waals surface area (Å²) in [7, 11) is 0. The van der Waals surface area contributed by atoms with Crippen LogP contribution in [0.2, 0.25) is 0 Å². The molecule has 3 heterocycles. The van der Waals surface area contributed by atoms with Gasteiger partial charge in [-0.25, -0.2) is 4.98 Å². The molecule has 1 saturated heterocycles. The molecule has 0 spiro atoms. The van der Waals surface area contributed by atoms with Crippen molar-refractivity contribution in [2.75, 3.05) is 24.5 Å². The lowest BCUT2D eigenvalue weighted by Gasteiger charge is -2.34. The van der Waals surface area contributed by atoms with Crippen LogP contribution in [0.4, 0.5) is 24.8 Å². The molecule has 2 aliphatic rings. The Balaban J connectivity index is 1.77. The first kappa shape index (κ1) is 21.2. The maximum Gasteiger partial charge on any atom is 0.435 e. The highest BCUT2D eigenvalue weighted by molar-refractivity contribution is 5.68. The molecule has 2 aromatic rings. The van der Waals surface area contributed by atoms with Gasteiger partial charge in [0.15, 0.2) is 5.69 Å². The third-order valence-electron chi connectivity index (χ3n) is 6.48. The minimum absolute atomic E-state index is 0.314. The molecule has 7 heteroatoms. The lowest BCUT2D eigenvalue weighted by atomic mass is 9.99. The Bertz CT molecular complexity index is 900. The minimum Gasteiger partial charge on any atom is -0.312 e. The molecule has 0 radical (unpaired) electrons. The van der Waals surface area contributed by atoms with E-state index in [0.29, 0.717) is 37.2 Å². The number of aryl methyl sites for hydroxylation is 3. The van der Waals surface area contributed by atoms with Crippen LogP contribution in [0.1, 0.15) is 54.3 Å². The number of nitrogens with zero attached hydrogens (tertiary/aromatic N) is 4. The van der Waals surface area contributed by atoms with Crippen molar-refractivity contribution in [2.24, 2.45) is 5.92 Å². The average molecular weight is 421 g/mol. The van der Waals surface area contributed by atoms with Crippen molar-refractivity contribution in [3.8, 4) is 0 Å². The van der Waals surface area contributed by atoms with E-state index in [4.69, 9.17) is 0 Å². The van der Waals surface area contributed by atoms with Crippen molar-refractivity contribution < 1.29 is 13.2 Å². The van der Waals surface area contributed by atoms with Crippen molar-refractivity contribution in [1.29, 1.82) is 0 Å². The molecule has 1 aromatic carbocycles. The van der Waals surface area contributed by atoms with Crippen molar-refractivity contribution in [1.82, 2.24) is 14.5 Å². The second-order valence-corrected chi connectivity index (χ2v) is 9.07. The fourth-order valence-corrected chi connectivity index (χ4v) is 5.03. The Morgan fingerprint density at radius 2 is 1.63 bits per heavy atom. The molecule has 0 unspecified atom stereocenters. The van der Waals surface area contributed by atoms with E-state index in [9.17, 15) is 13.2 Å². The highest BCUT2D eigenvalue weighted by Crippen LogP contribution is 2.40. The summed E-state index contributed by atoms with van der Waals surface area (Å²) in [4.78, 5) is 8.35. The lowest BCUT2D eigenvalue weighted by molar-refractivity contribution is -0.141. The van der Waals surface area contributed by atoms with E-state index in [1.807, 2.05) is 30.2 Å². The maximum absolute atomic E-state index is 14.0. The van der Waals surface area contributed by atoms with Crippen molar-refractivity contribution >= 4 is 11.6 Å². The van der Waals surface area contributed by atoms with Crippen LogP contribution in [-0.2, 0) is 19.3 Å². The summed E-state index contributed by atoms with van der Waals surface area (Å²) in [5, 5.41) is 0. The summed E-state index contributed by atoms with van der Waals surface area (Å²) in [6, 6.07) is 4.18. The first-order valence-corrected chi connectivity index (χ1v) is 10.9. The van der Waals surface area contributed by atoms with Gasteiger partial charge < -0.3 is 9.47 Å². The molecular weight excluding hydrogens is 389 g/mol. The van der Waals surface area contributed by atoms with Crippen molar-refractivity contribution in [2.45, 2.75) is 66.2 Å². The number of likely N-dealkylation sites (tertiary alicyclic amines) is 1. The topological polar surface area (TPSA) is 24.3 Å². The van der Waals surface area contributed by atoms with E-state index in [2.05, 4.69) is 28.9 Å². The van der Waals surface area contributed by atoms with E-state index in [-0.39, 0.29) is 0 Å². The monoisotopic (exact) mass is 420 g/mol. The molecule has 1 aromatic heterocycles. The van der Waals surface area contributed by atoms with Gasteiger partial charge in [0, 0.05) is 25.3 Å². The average Bonchev–Trinajstić information content (AvgIpc) is 3.02. The summed E-state index contributed by atoms with van der Waals surface area (Å²) < 4.78 is 43.8. The summed E-state index contributed by atoms with van der Waals surface area (Å²) >= 11 is 0. The summed E-state index contributed by atoms with van der Waals surface area (Å²) in [5.74, 6) is 1.08. The number of aromatic nitrogens is 2. The smallest absolute Gasteiger partial charge is 0.312 e. The summed E-state index contributed by atoms with van der Waals surface area (Å²) in [6.45, 7) is 11.6. The Labute approximate surface area is 176 Å². The Morgan fingerprint density at radius 3 is 2.23 bits per heavy atom. The van der Waals surface area contributed by atoms with E-state index >= 15 is 0 Å². The molecule has 0 N–H and O–H groups in total. The fraction of sp³-hybridized carbons (Fsp3) is 0.609. The molecule has 1 fully saturated rings. The Hall–Kier alpha value is -2.02. The Morgan fingerprint density at radius 1 is 1.00 bits per heavy atom. The van der Waals surface area contributed by atoms with Gasteiger partial charge in [-0.2, -0.15) is 13.2 Å². The lowest BCUT2D eigenvalue weighted by Crippen LogP contribution is -2.35. The van der Waals surface area contributed by atoms with E-state index in [0.717, 1.165) is 54.7 Å². The van der Waals surface area contributed by atoms with Crippen LogP contribution in [0, 0.1) is 26.7 Å². The van der Waals surface area contributed by atoms with E-state index < -0.39 is 11.9 Å². The van der Waals surface area contributed by atoms with Gasteiger partial charge in [-0.3, -0.25) is 4.90 Å². The molecule has 0 aliphatic carbocycles. The van der Waals surface area contributed by atoms with Gasteiger partial charge in [0.25, 0.3) is 0 Å². The number of anilines is 2. The quantitative estimate of drug-likeness (QED) is 0.646. The molecule has 4 nitrogen and oxygen atoms in total. The number of piperidine rings is 1. The first-order chi connectivity index (χ1) is 14.1. The Kier molecular flexibility index (Phi) is 5.60. The molecule has 2 aliphatic heterocycles. The molecule has 0 saturated carbocycles. The normalized spacial score (nSPS) is 18.7. The second-order valence-electron chi connectivity index (χ2n) is 9.07. The molecule has 30 heavy (non-hydrogen) atoms. The number of benzene rings is 1. The van der Waals surface area contributed by atoms with Crippen LogP contribution in [-0.4, -0.2) is 34.1 Å². The largest absolute Gasteiger partial charge is 0.435 e. The van der Waals surface area contributed by atoms with Gasteiger partial charge in [0.1, 0.15) is 0 Å². The number of alkyl halides is 3. The maximum atomic E-state index is 14.0. The number of halogens is 3. The van der Waals surface area contributed by atoms with Crippen LogP contribution in [0.5, 0.6) is 0 Å². The third-order valence-corrected chi connectivity index (χ3v) is 6.48. The number of rotatable bonds is 3. The minimum atomic E-state index is -4.45. The van der Waals surface area contributed by atoms with Gasteiger partial charge in [0.2, 0.25) is 5.95 Å². The van der Waals surface area contributed by atoms with Crippen LogP contribution in [0.3, 0.4) is 0 Å². The fourth-order valence-electron chi connectivity index (χ4n) is 5.03. The second kappa shape index (κ2) is 7.91. The van der Waals surface area contributed by atoms with Crippen molar-refractivity contribution in [3.05, 3.63) is 40.2 Å². The third kappa shape index (κ3) is 3.96. The zero-order valence-electron chi connectivity index (χ0n) is 18.3. The van der Waals surface area contributed by atoms with Gasteiger partial charge in [-0.1, -0.05) is 24.6 Å². The molecule has 0 amide bonds. The van der Waals surface area contributed by atoms with Gasteiger partial charge in [-0.15, -0.1) is 0 Å². The van der Waals surface area contributed by atoms with Crippen LogP contribution in [0.25, 0.3) is 0 Å². The zero-order valence-corrected chi connectivity index (χ0v) is 18.3. The molecular formula is C23H31F3N4. The predicted octanol–water partition coefficient (Wildman–Crippen LogP) is 5.60. The number of hydrogen-bond acceptors (Lipinski definition) is 3. The molecule has 164 valence electrons. The van der Waals surface area contributed by atoms with Crippen LogP contribution >= 0.6 is 0 Å². The first-order valence-electron chi connectivity index (χ1n) is 10.9. The zero-order chi connectivity index (χ0) is 21.6. The predicted molar refractivity (Wildman–Crippen MR) is 113 cm³/mol. The number of hydrogen-bond donors (Lipinski definition) is 0. The standard InChI is InChI=1S/C23H31F3N4/c1-15-6-10-28(11-7-15)14-19-21(23(24,25)26)27-22-29(19)8-5-9-30(22)20-17(3)12-16(2)13-18(20)4/h12-13,15H,5-11,14H2,1-4H3. The van der Waals surface area contributed by atoms with E-state index in [1.165, 1.54) is 0 Å². The summed E-state index contributed by atoms with van der Waals surface area (Å²) in [6.07, 6.45) is -1.57. The van der Waals surface area contributed by atoms with Crippen molar-refractivity contribution in [3.63, 3.8) is 0 Å². The van der Waals surface area contributed by atoms with Crippen LogP contribution in [0.15, 0.2) is 12.1 Å².